The van der Waals surface area contributed by atoms with E-state index in [2.05, 4.69) is 10.6 Å². The quantitative estimate of drug-likeness (QED) is 0.695. The lowest BCUT2D eigenvalue weighted by Gasteiger charge is -2.26. The second-order valence-corrected chi connectivity index (χ2v) is 6.64. The molecule has 1 atom stereocenters. The Bertz CT molecular complexity index is 876. The van der Waals surface area contributed by atoms with Gasteiger partial charge in [-0.25, -0.2) is 0 Å². The molecule has 114 valence electrons. The van der Waals surface area contributed by atoms with E-state index < -0.39 is 0 Å². The van der Waals surface area contributed by atoms with Crippen molar-refractivity contribution in [2.75, 3.05) is 5.32 Å². The molecule has 0 saturated heterocycles. The molecule has 0 spiro atoms. The molecule has 5 heteroatoms. The Morgan fingerprint density at radius 1 is 1.00 bits per heavy atom. The number of halogens is 1. The number of thiophene rings is 1. The monoisotopic (exact) mass is 340 g/mol. The number of nitrogens with one attached hydrogen (secondary N) is 2. The van der Waals surface area contributed by atoms with Crippen molar-refractivity contribution in [2.45, 2.75) is 6.17 Å². The smallest absolute Gasteiger partial charge is 0.256 e. The van der Waals surface area contributed by atoms with Crippen LogP contribution in [-0.2, 0) is 0 Å². The van der Waals surface area contributed by atoms with Crippen LogP contribution in [0.5, 0.6) is 0 Å². The number of carbonyl (C=O) groups is 1. The second kappa shape index (κ2) is 5.72. The summed E-state index contributed by atoms with van der Waals surface area (Å²) in [5.41, 5.74) is 3.65. The Kier molecular flexibility index (Phi) is 3.56. The molecule has 0 bridgehead atoms. The van der Waals surface area contributed by atoms with E-state index in [0.29, 0.717) is 10.6 Å². The van der Waals surface area contributed by atoms with E-state index in [-0.39, 0.29) is 12.1 Å². The van der Waals surface area contributed by atoms with E-state index in [1.54, 1.807) is 11.3 Å². The summed E-state index contributed by atoms with van der Waals surface area (Å²) in [7, 11) is 0. The fourth-order valence-corrected chi connectivity index (χ4v) is 3.94. The molecular formula is C18H13ClN2OS. The third-order valence-corrected chi connectivity index (χ3v) is 4.98. The average molecular weight is 341 g/mol. The summed E-state index contributed by atoms with van der Waals surface area (Å²) in [6, 6.07) is 17.4. The van der Waals surface area contributed by atoms with Crippen molar-refractivity contribution in [3.8, 4) is 11.1 Å². The molecule has 0 fully saturated rings. The molecule has 0 saturated carbocycles. The lowest BCUT2D eigenvalue weighted by molar-refractivity contribution is 0.0937. The van der Waals surface area contributed by atoms with Gasteiger partial charge in [0, 0.05) is 16.0 Å². The van der Waals surface area contributed by atoms with E-state index in [1.807, 2.05) is 60.0 Å². The molecule has 1 aliphatic rings. The van der Waals surface area contributed by atoms with Crippen LogP contribution in [0, 0.1) is 0 Å². The zero-order valence-corrected chi connectivity index (χ0v) is 13.6. The molecule has 0 radical (unpaired) electrons. The number of hydrogen-bond donors (Lipinski definition) is 2. The van der Waals surface area contributed by atoms with E-state index in [1.165, 1.54) is 0 Å². The van der Waals surface area contributed by atoms with Crippen LogP contribution in [0.25, 0.3) is 11.1 Å². The summed E-state index contributed by atoms with van der Waals surface area (Å²) < 4.78 is 0. The van der Waals surface area contributed by atoms with Crippen LogP contribution in [0.3, 0.4) is 0 Å². The molecule has 0 aliphatic carbocycles. The lowest BCUT2D eigenvalue weighted by Crippen LogP contribution is -2.37. The minimum atomic E-state index is -0.268. The summed E-state index contributed by atoms with van der Waals surface area (Å²) in [4.78, 5) is 12.6. The van der Waals surface area contributed by atoms with Gasteiger partial charge in [-0.2, -0.15) is 0 Å². The molecule has 1 aliphatic heterocycles. The maximum atomic E-state index is 12.6. The van der Waals surface area contributed by atoms with Crippen molar-refractivity contribution in [3.63, 3.8) is 0 Å². The summed E-state index contributed by atoms with van der Waals surface area (Å²) in [6.07, 6.45) is -0.268. The number of carbonyl (C=O) groups excluding carboxylic acids is 1. The number of amides is 1. The molecule has 3 nitrogen and oxygen atoms in total. The number of hydrogen-bond acceptors (Lipinski definition) is 3. The highest BCUT2D eigenvalue weighted by atomic mass is 35.5. The molecule has 23 heavy (non-hydrogen) atoms. The van der Waals surface area contributed by atoms with Crippen molar-refractivity contribution < 1.29 is 4.79 Å². The molecule has 4 rings (SSSR count). The molecular weight excluding hydrogens is 328 g/mol. The van der Waals surface area contributed by atoms with E-state index in [4.69, 9.17) is 11.6 Å². The fourth-order valence-electron chi connectivity index (χ4n) is 2.74. The molecule has 0 unspecified atom stereocenters. The zero-order chi connectivity index (χ0) is 15.8. The first-order chi connectivity index (χ1) is 11.2. The van der Waals surface area contributed by atoms with Gasteiger partial charge < -0.3 is 10.6 Å². The zero-order valence-electron chi connectivity index (χ0n) is 12.0. The Morgan fingerprint density at radius 2 is 1.83 bits per heavy atom. The molecule has 1 amide bonds. The number of anilines is 1. The van der Waals surface area contributed by atoms with Crippen LogP contribution in [0.1, 0.15) is 22.1 Å². The maximum absolute atomic E-state index is 12.6. The Balaban J connectivity index is 1.72. The van der Waals surface area contributed by atoms with Gasteiger partial charge in [-0.15, -0.1) is 11.3 Å². The van der Waals surface area contributed by atoms with E-state index in [9.17, 15) is 4.79 Å². The third-order valence-electron chi connectivity index (χ3n) is 3.84. The van der Waals surface area contributed by atoms with Gasteiger partial charge in [0.25, 0.3) is 5.91 Å². The first-order valence-electron chi connectivity index (χ1n) is 7.22. The molecule has 1 aromatic heterocycles. The SMILES string of the molecule is O=C1N[C@@H](c2cccc(Cl)c2)Nc2scc(-c3ccccc3)c21. The lowest BCUT2D eigenvalue weighted by atomic mass is 10.0. The largest absolute Gasteiger partial charge is 0.353 e. The predicted molar refractivity (Wildman–Crippen MR) is 95.0 cm³/mol. The molecule has 2 aromatic carbocycles. The summed E-state index contributed by atoms with van der Waals surface area (Å²) >= 11 is 7.60. The maximum Gasteiger partial charge on any atom is 0.256 e. The summed E-state index contributed by atoms with van der Waals surface area (Å²) in [5, 5.41) is 9.96. The van der Waals surface area contributed by atoms with Gasteiger partial charge in [-0.1, -0.05) is 54.1 Å². The van der Waals surface area contributed by atoms with Gasteiger partial charge in [0.1, 0.15) is 11.2 Å². The summed E-state index contributed by atoms with van der Waals surface area (Å²) in [5.74, 6) is -0.0659. The minimum absolute atomic E-state index is 0.0659. The van der Waals surface area contributed by atoms with Crippen molar-refractivity contribution in [1.29, 1.82) is 0 Å². The van der Waals surface area contributed by atoms with Gasteiger partial charge >= 0.3 is 0 Å². The van der Waals surface area contributed by atoms with Gasteiger partial charge in [0.15, 0.2) is 0 Å². The highest BCUT2D eigenvalue weighted by Gasteiger charge is 2.29. The topological polar surface area (TPSA) is 41.1 Å². The van der Waals surface area contributed by atoms with Gasteiger partial charge in [-0.3, -0.25) is 4.79 Å². The third kappa shape index (κ3) is 2.60. The van der Waals surface area contributed by atoms with Crippen LogP contribution >= 0.6 is 22.9 Å². The van der Waals surface area contributed by atoms with Crippen molar-refractivity contribution in [1.82, 2.24) is 5.32 Å². The summed E-state index contributed by atoms with van der Waals surface area (Å²) in [6.45, 7) is 0. The fraction of sp³-hybridized carbons (Fsp3) is 0.0556. The van der Waals surface area contributed by atoms with Crippen LogP contribution in [-0.4, -0.2) is 5.91 Å². The van der Waals surface area contributed by atoms with Crippen LogP contribution in [0.2, 0.25) is 5.02 Å². The Labute approximate surface area is 142 Å². The normalized spacial score (nSPS) is 16.4. The molecule has 2 N–H and O–H groups in total. The second-order valence-electron chi connectivity index (χ2n) is 5.33. The standard InChI is InChI=1S/C18H13ClN2OS/c19-13-8-4-7-12(9-13)16-20-17(22)15-14(10-23-18(15)21-16)11-5-2-1-3-6-11/h1-10,16,21H,(H,20,22)/t16-/m1/s1. The highest BCUT2D eigenvalue weighted by molar-refractivity contribution is 7.15. The van der Waals surface area contributed by atoms with Crippen LogP contribution in [0.15, 0.2) is 60.0 Å². The van der Waals surface area contributed by atoms with Crippen LogP contribution in [0.4, 0.5) is 5.00 Å². The van der Waals surface area contributed by atoms with Crippen molar-refractivity contribution >= 4 is 33.8 Å². The first kappa shape index (κ1) is 14.3. The Hall–Kier alpha value is -2.30. The number of rotatable bonds is 2. The van der Waals surface area contributed by atoms with E-state index in [0.717, 1.165) is 21.7 Å². The van der Waals surface area contributed by atoms with Crippen molar-refractivity contribution in [2.24, 2.45) is 0 Å². The average Bonchev–Trinajstić information content (AvgIpc) is 3.00. The van der Waals surface area contributed by atoms with Crippen LogP contribution < -0.4 is 10.6 Å². The van der Waals surface area contributed by atoms with Crippen molar-refractivity contribution in [3.05, 3.63) is 76.1 Å². The minimum Gasteiger partial charge on any atom is -0.353 e. The number of fused-ring (bicyclic) bond motifs is 1. The van der Waals surface area contributed by atoms with Gasteiger partial charge in [0.05, 0.1) is 5.56 Å². The predicted octanol–water partition coefficient (Wildman–Crippen LogP) is 4.92. The highest BCUT2D eigenvalue weighted by Crippen LogP contribution is 2.39. The Morgan fingerprint density at radius 3 is 2.61 bits per heavy atom. The first-order valence-corrected chi connectivity index (χ1v) is 8.48. The number of benzene rings is 2. The molecule has 3 aromatic rings. The van der Waals surface area contributed by atoms with E-state index >= 15 is 0 Å². The van der Waals surface area contributed by atoms with Gasteiger partial charge in [0.2, 0.25) is 0 Å². The molecule has 2 heterocycles. The van der Waals surface area contributed by atoms with Gasteiger partial charge in [-0.05, 0) is 23.3 Å².